The Bertz CT molecular complexity index is 2590. The van der Waals surface area contributed by atoms with E-state index >= 15 is 0 Å². The Balaban J connectivity index is 0.724. The number of amides is 7. The molecule has 22 heteroatoms. The van der Waals surface area contributed by atoms with Gasteiger partial charge in [-0.15, -0.1) is 0 Å². The van der Waals surface area contributed by atoms with Gasteiger partial charge in [-0.05, 0) is 86.3 Å². The average molecular weight is 920 g/mol. The molecule has 350 valence electrons. The minimum Gasteiger partial charge on any atom is -0.488 e. The van der Waals surface area contributed by atoms with Gasteiger partial charge in [0.15, 0.2) is 6.61 Å². The van der Waals surface area contributed by atoms with E-state index in [1.807, 2.05) is 18.2 Å². The van der Waals surface area contributed by atoms with Crippen molar-refractivity contribution in [3.05, 3.63) is 77.5 Å². The minimum atomic E-state index is -1.24. The summed E-state index contributed by atoms with van der Waals surface area (Å²) in [4.78, 5) is 98.1. The second kappa shape index (κ2) is 20.7. The number of benzene rings is 3. The molecular weight excluding hydrogens is 869 g/mol. The molecule has 1 saturated heterocycles. The molecule has 3 aromatic carbocycles. The van der Waals surface area contributed by atoms with Gasteiger partial charge in [-0.25, -0.2) is 9.97 Å². The molecule has 4 aromatic rings. The van der Waals surface area contributed by atoms with Crippen molar-refractivity contribution in [1.82, 2.24) is 36.1 Å². The largest absolute Gasteiger partial charge is 0.492 e. The van der Waals surface area contributed by atoms with E-state index in [0.29, 0.717) is 53.2 Å². The molecule has 8 rings (SSSR count). The van der Waals surface area contributed by atoms with E-state index in [1.165, 1.54) is 18.2 Å². The zero-order valence-electron chi connectivity index (χ0n) is 36.3. The summed E-state index contributed by atoms with van der Waals surface area (Å²) in [5, 5.41) is 34.9. The maximum atomic E-state index is 13.2. The predicted octanol–water partition coefficient (Wildman–Crippen LogP) is 0.141. The first-order valence-electron chi connectivity index (χ1n) is 22.2. The van der Waals surface area contributed by atoms with Crippen molar-refractivity contribution in [2.45, 2.75) is 88.2 Å². The number of ether oxygens (including phenoxy) is 2. The lowest BCUT2D eigenvalue weighted by Gasteiger charge is -2.27. The molecule has 3 atom stereocenters. The maximum absolute atomic E-state index is 13.2. The van der Waals surface area contributed by atoms with Crippen LogP contribution in [0.4, 0.5) is 11.6 Å². The van der Waals surface area contributed by atoms with Crippen LogP contribution in [0.1, 0.15) is 90.2 Å². The van der Waals surface area contributed by atoms with Gasteiger partial charge in [-0.3, -0.25) is 43.8 Å². The normalized spacial score (nSPS) is 20.5. The number of aliphatic hydroxyl groups is 1. The fourth-order valence-electron chi connectivity index (χ4n) is 8.45. The van der Waals surface area contributed by atoms with Crippen molar-refractivity contribution in [1.29, 1.82) is 0 Å². The number of rotatable bonds is 18. The number of aliphatic hydroxyl groups excluding tert-OH is 1. The van der Waals surface area contributed by atoms with E-state index in [4.69, 9.17) is 24.8 Å². The number of anilines is 2. The zero-order valence-corrected chi connectivity index (χ0v) is 36.3. The van der Waals surface area contributed by atoms with E-state index in [0.717, 1.165) is 23.1 Å². The molecule has 0 radical (unpaired) electrons. The molecule has 2 fully saturated rings. The molecular formula is C45H50BN9O12. The maximum Gasteiger partial charge on any atom is 0.492 e. The van der Waals surface area contributed by atoms with Crippen LogP contribution in [0, 0.1) is 0 Å². The molecule has 0 spiro atoms. The van der Waals surface area contributed by atoms with Gasteiger partial charge in [0, 0.05) is 49.7 Å². The summed E-state index contributed by atoms with van der Waals surface area (Å²) < 4.78 is 17.6. The number of hydrogen-bond donors (Lipinski definition) is 8. The number of nitrogens with two attached hydrogens (primary N) is 1. The Morgan fingerprint density at radius 1 is 0.940 bits per heavy atom. The molecule has 9 N–H and O–H groups in total. The van der Waals surface area contributed by atoms with Crippen LogP contribution in [0.5, 0.6) is 11.5 Å². The summed E-state index contributed by atoms with van der Waals surface area (Å²) in [6.45, 7) is -0.0753. The molecule has 21 nitrogen and oxygen atoms in total. The van der Waals surface area contributed by atoms with Crippen LogP contribution >= 0.6 is 0 Å². The number of fused-ring (bicyclic) bond motifs is 3. The van der Waals surface area contributed by atoms with Crippen LogP contribution in [0.2, 0.25) is 0 Å². The van der Waals surface area contributed by atoms with Gasteiger partial charge in [0.25, 0.3) is 17.7 Å². The van der Waals surface area contributed by atoms with Crippen molar-refractivity contribution in [3.63, 3.8) is 0 Å². The summed E-state index contributed by atoms with van der Waals surface area (Å²) in [7, 11) is -1.24. The molecule has 7 amide bonds. The van der Waals surface area contributed by atoms with E-state index in [9.17, 15) is 43.7 Å². The van der Waals surface area contributed by atoms with Crippen LogP contribution in [-0.2, 0) is 28.6 Å². The number of carbonyl (C=O) groups is 7. The number of piperidine rings is 1. The van der Waals surface area contributed by atoms with Crippen LogP contribution < -0.4 is 47.3 Å². The van der Waals surface area contributed by atoms with Crippen molar-refractivity contribution in [2.24, 2.45) is 5.73 Å². The molecule has 2 unspecified atom stereocenters. The van der Waals surface area contributed by atoms with E-state index in [1.54, 1.807) is 24.4 Å². The summed E-state index contributed by atoms with van der Waals surface area (Å²) >= 11 is 0. The number of para-hydroxylation sites is 1. The van der Waals surface area contributed by atoms with Crippen LogP contribution in [0.15, 0.2) is 60.8 Å². The lowest BCUT2D eigenvalue weighted by Crippen LogP contribution is -2.54. The Labute approximate surface area is 384 Å². The Morgan fingerprint density at radius 2 is 1.72 bits per heavy atom. The van der Waals surface area contributed by atoms with Gasteiger partial charge in [-0.2, -0.15) is 0 Å². The molecule has 1 saturated carbocycles. The third kappa shape index (κ3) is 10.8. The van der Waals surface area contributed by atoms with Gasteiger partial charge in [0.05, 0.1) is 35.5 Å². The standard InChI is InChI=1S/C45H50BN9O12/c47-31(41(60)49-19-3-18-48-38(59)23-65-33-6-2-5-29-39(33)44(63)55(43(29)62)32-15-17-37(58)53-42(32)61)14-16-36(57)50-22-35-28-13-8-25(20-30(28)46(64)67-35)52-45-51-21-24-4-1-7-34(40(24)54-45)66-27-11-9-26(56)10-12-27/h1-2,4-8,13,20-21,26-27,31-32,35,56,64H,3,9-12,14-19,22-23,47H2,(H,48,59)(H,49,60)(H,50,57)(H,51,52,54)(H,53,58,61)/t26?,27?,31-,32?,35?/m0/s1. The summed E-state index contributed by atoms with van der Waals surface area (Å²) in [6, 6.07) is 13.2. The molecule has 67 heavy (non-hydrogen) atoms. The fourth-order valence-corrected chi connectivity index (χ4v) is 8.45. The van der Waals surface area contributed by atoms with E-state index < -0.39 is 67.4 Å². The van der Waals surface area contributed by atoms with Crippen molar-refractivity contribution in [3.8, 4) is 11.5 Å². The van der Waals surface area contributed by atoms with Gasteiger partial charge in [0.2, 0.25) is 29.6 Å². The highest BCUT2D eigenvalue weighted by Crippen LogP contribution is 2.34. The van der Waals surface area contributed by atoms with E-state index in [-0.39, 0.29) is 80.3 Å². The summed E-state index contributed by atoms with van der Waals surface area (Å²) in [6.07, 6.45) is 4.03. The fraction of sp³-hybridized carbons (Fsp3) is 0.400. The third-order valence-corrected chi connectivity index (χ3v) is 12.0. The molecule has 4 aliphatic rings. The topological polar surface area (TPSA) is 303 Å². The monoisotopic (exact) mass is 919 g/mol. The van der Waals surface area contributed by atoms with Gasteiger partial charge in [0.1, 0.15) is 23.1 Å². The van der Waals surface area contributed by atoms with Gasteiger partial charge in [-0.1, -0.05) is 24.3 Å². The number of hydrogen-bond acceptors (Lipinski definition) is 16. The molecule has 3 aliphatic heterocycles. The molecule has 4 heterocycles. The Morgan fingerprint density at radius 3 is 2.52 bits per heavy atom. The minimum absolute atomic E-state index is 0.000231. The highest BCUT2D eigenvalue weighted by molar-refractivity contribution is 6.62. The second-order valence-corrected chi connectivity index (χ2v) is 16.7. The van der Waals surface area contributed by atoms with Crippen molar-refractivity contribution < 1.29 is 57.8 Å². The third-order valence-electron chi connectivity index (χ3n) is 12.0. The average Bonchev–Trinajstić information content (AvgIpc) is 3.77. The van der Waals surface area contributed by atoms with Gasteiger partial charge < -0.3 is 51.3 Å². The first-order chi connectivity index (χ1) is 32.3. The number of nitrogens with zero attached hydrogens (tertiary/aromatic N) is 3. The lowest BCUT2D eigenvalue weighted by molar-refractivity contribution is -0.136. The lowest BCUT2D eigenvalue weighted by atomic mass is 9.79. The highest BCUT2D eigenvalue weighted by Gasteiger charge is 2.46. The number of aromatic nitrogens is 2. The van der Waals surface area contributed by atoms with Gasteiger partial charge >= 0.3 is 7.12 Å². The van der Waals surface area contributed by atoms with Crippen LogP contribution in [-0.4, -0.2) is 124 Å². The Hall–Kier alpha value is -7.01. The smallest absolute Gasteiger partial charge is 0.488 e. The summed E-state index contributed by atoms with van der Waals surface area (Å²) in [5.74, 6) is -3.10. The van der Waals surface area contributed by atoms with Crippen LogP contribution in [0.25, 0.3) is 10.9 Å². The number of imide groups is 2. The number of nitrogens with one attached hydrogen (secondary N) is 5. The SMILES string of the molecule is N[C@@H](CCC(=O)NCC1OB(O)c2cc(Nc3ncc4cccc(OC5CCC(O)CC5)c4n3)ccc21)C(=O)NCCCNC(=O)COc1cccc2c1C(=O)N(C1CCC(=O)NC1=O)C2=O. The predicted molar refractivity (Wildman–Crippen MR) is 239 cm³/mol. The van der Waals surface area contributed by atoms with Crippen molar-refractivity contribution in [2.75, 3.05) is 31.6 Å². The number of carbonyl (C=O) groups excluding carboxylic acids is 7. The molecule has 1 aromatic heterocycles. The first-order valence-corrected chi connectivity index (χ1v) is 22.2. The highest BCUT2D eigenvalue weighted by atomic mass is 16.5. The quantitative estimate of drug-likeness (QED) is 0.0374. The van der Waals surface area contributed by atoms with Crippen LogP contribution in [0.3, 0.4) is 0 Å². The molecule has 0 bridgehead atoms. The van der Waals surface area contributed by atoms with Crippen molar-refractivity contribution >= 4 is 76.5 Å². The zero-order chi connectivity index (χ0) is 47.2. The van der Waals surface area contributed by atoms with E-state index in [2.05, 4.69) is 31.6 Å². The first kappa shape index (κ1) is 46.5. The molecule has 1 aliphatic carbocycles. The summed E-state index contributed by atoms with van der Waals surface area (Å²) in [5.41, 5.74) is 8.46. The second-order valence-electron chi connectivity index (χ2n) is 16.7. The Kier molecular flexibility index (Phi) is 14.3.